The van der Waals surface area contributed by atoms with Gasteiger partial charge in [0.1, 0.15) is 0 Å². The van der Waals surface area contributed by atoms with E-state index in [2.05, 4.69) is 10.5 Å². The number of nitrogens with zero attached hydrogens (tertiary/aromatic N) is 1. The molecule has 1 fully saturated rings. The van der Waals surface area contributed by atoms with Crippen molar-refractivity contribution in [3.05, 3.63) is 64.4 Å². The molecule has 2 aliphatic rings. The monoisotopic (exact) mass is 438 g/mol. The van der Waals surface area contributed by atoms with E-state index in [1.54, 1.807) is 18.2 Å². The quantitative estimate of drug-likeness (QED) is 0.598. The summed E-state index contributed by atoms with van der Waals surface area (Å²) in [5.74, 6) is 0.470. The van der Waals surface area contributed by atoms with Crippen molar-refractivity contribution in [1.29, 1.82) is 0 Å². The van der Waals surface area contributed by atoms with Gasteiger partial charge in [-0.2, -0.15) is 0 Å². The Morgan fingerprint density at radius 3 is 2.68 bits per heavy atom. The van der Waals surface area contributed by atoms with Gasteiger partial charge >= 0.3 is 0 Å². The van der Waals surface area contributed by atoms with Gasteiger partial charge in [-0.15, -0.1) is 0 Å². The van der Waals surface area contributed by atoms with Crippen LogP contribution in [0.2, 0.25) is 5.02 Å². The SMILES string of the molecule is COc1cc(/C=C2\C(=O)Nc3cc(Cl)c(-c4ccc([C@H]5COC[C@@H]5O)cc4)cc32)on1. The molecule has 3 aromatic rings. The molecule has 0 spiro atoms. The Morgan fingerprint density at radius 2 is 2.00 bits per heavy atom. The van der Waals surface area contributed by atoms with Crippen LogP contribution in [0, 0.1) is 0 Å². The number of amides is 1. The molecule has 0 aliphatic carbocycles. The normalized spacial score (nSPS) is 21.4. The van der Waals surface area contributed by atoms with Crippen LogP contribution in [-0.4, -0.2) is 42.6 Å². The van der Waals surface area contributed by atoms with Gasteiger partial charge in [0.25, 0.3) is 11.8 Å². The van der Waals surface area contributed by atoms with Gasteiger partial charge in [-0.1, -0.05) is 35.9 Å². The van der Waals surface area contributed by atoms with Crippen LogP contribution < -0.4 is 10.1 Å². The molecule has 7 nitrogen and oxygen atoms in total. The molecule has 2 atom stereocenters. The van der Waals surface area contributed by atoms with Gasteiger partial charge in [-0.05, 0) is 34.5 Å². The number of ether oxygens (including phenoxy) is 2. The van der Waals surface area contributed by atoms with Gasteiger partial charge in [-0.3, -0.25) is 4.79 Å². The summed E-state index contributed by atoms with van der Waals surface area (Å²) in [5.41, 5.74) is 4.54. The predicted octanol–water partition coefficient (Wildman–Crippen LogP) is 3.97. The summed E-state index contributed by atoms with van der Waals surface area (Å²) in [4.78, 5) is 12.5. The topological polar surface area (TPSA) is 93.8 Å². The fourth-order valence-electron chi connectivity index (χ4n) is 3.93. The molecule has 1 amide bonds. The highest BCUT2D eigenvalue weighted by Gasteiger charge is 2.28. The van der Waals surface area contributed by atoms with Gasteiger partial charge in [0.15, 0.2) is 5.76 Å². The van der Waals surface area contributed by atoms with E-state index in [0.717, 1.165) is 22.3 Å². The Kier molecular flexibility index (Phi) is 5.02. The fourth-order valence-corrected chi connectivity index (χ4v) is 4.20. The van der Waals surface area contributed by atoms with Gasteiger partial charge in [0, 0.05) is 23.1 Å². The number of anilines is 1. The number of halogens is 1. The number of rotatable bonds is 4. The molecule has 0 saturated carbocycles. The summed E-state index contributed by atoms with van der Waals surface area (Å²) in [6, 6.07) is 13.1. The Hall–Kier alpha value is -3.13. The lowest BCUT2D eigenvalue weighted by molar-refractivity contribution is -0.110. The summed E-state index contributed by atoms with van der Waals surface area (Å²) >= 11 is 6.53. The van der Waals surface area contributed by atoms with Gasteiger partial charge in [0.2, 0.25) is 0 Å². The Morgan fingerprint density at radius 1 is 1.19 bits per heavy atom. The first-order chi connectivity index (χ1) is 15.0. The zero-order valence-corrected chi connectivity index (χ0v) is 17.3. The molecule has 31 heavy (non-hydrogen) atoms. The molecule has 158 valence electrons. The minimum atomic E-state index is -0.492. The van der Waals surface area contributed by atoms with Crippen molar-refractivity contribution in [2.45, 2.75) is 12.0 Å². The van der Waals surface area contributed by atoms with Crippen molar-refractivity contribution in [2.24, 2.45) is 0 Å². The van der Waals surface area contributed by atoms with Crippen LogP contribution in [0.3, 0.4) is 0 Å². The molecule has 1 aromatic heterocycles. The van der Waals surface area contributed by atoms with Gasteiger partial charge < -0.3 is 24.4 Å². The fraction of sp³-hybridized carbons (Fsp3) is 0.217. The minimum Gasteiger partial charge on any atom is -0.479 e. The summed E-state index contributed by atoms with van der Waals surface area (Å²) < 4.78 is 15.6. The van der Waals surface area contributed by atoms with Crippen LogP contribution in [-0.2, 0) is 9.53 Å². The molecule has 2 N–H and O–H groups in total. The second kappa shape index (κ2) is 7.85. The number of carbonyl (C=O) groups excluding carboxylic acids is 1. The van der Waals surface area contributed by atoms with Crippen molar-refractivity contribution < 1.29 is 23.9 Å². The Labute approximate surface area is 183 Å². The molecule has 2 aliphatic heterocycles. The first-order valence-corrected chi connectivity index (χ1v) is 10.1. The number of methoxy groups -OCH3 is 1. The van der Waals surface area contributed by atoms with Crippen LogP contribution in [0.1, 0.15) is 22.8 Å². The summed E-state index contributed by atoms with van der Waals surface area (Å²) in [6.07, 6.45) is 1.13. The number of nitrogens with one attached hydrogen (secondary N) is 1. The zero-order chi connectivity index (χ0) is 21.5. The van der Waals surface area contributed by atoms with Crippen molar-refractivity contribution in [3.8, 4) is 17.0 Å². The number of hydrogen-bond acceptors (Lipinski definition) is 6. The standard InChI is InChI=1S/C23H19ClN2O5/c1-29-22-7-14(31-26-22)6-17-16-8-15(19(24)9-20(16)25-23(17)28)12-2-4-13(5-3-12)18-10-30-11-21(18)27/h2-9,18,21,27H,10-11H2,1H3,(H,25,28)/b17-6-/t18-,21+/m1/s1. The first-order valence-electron chi connectivity index (χ1n) is 9.77. The third kappa shape index (κ3) is 3.61. The molecular formula is C23H19ClN2O5. The van der Waals surface area contributed by atoms with E-state index < -0.39 is 6.10 Å². The molecule has 5 rings (SSSR count). The molecule has 0 radical (unpaired) electrons. The smallest absolute Gasteiger partial charge is 0.256 e. The van der Waals surface area contributed by atoms with E-state index in [1.165, 1.54) is 7.11 Å². The average Bonchev–Trinajstić information content (AvgIpc) is 3.47. The number of aliphatic hydroxyl groups is 1. The number of carbonyl (C=O) groups is 1. The third-order valence-electron chi connectivity index (χ3n) is 5.59. The van der Waals surface area contributed by atoms with Gasteiger partial charge in [0.05, 0.1) is 42.7 Å². The Balaban J connectivity index is 1.50. The maximum Gasteiger partial charge on any atom is 0.256 e. The maximum atomic E-state index is 12.5. The van der Waals surface area contributed by atoms with E-state index in [0.29, 0.717) is 41.1 Å². The van der Waals surface area contributed by atoms with Crippen LogP contribution in [0.4, 0.5) is 5.69 Å². The number of fused-ring (bicyclic) bond motifs is 1. The lowest BCUT2D eigenvalue weighted by atomic mass is 9.93. The molecule has 3 heterocycles. The van der Waals surface area contributed by atoms with Gasteiger partial charge in [-0.25, -0.2) is 0 Å². The van der Waals surface area contributed by atoms with E-state index in [-0.39, 0.29) is 11.8 Å². The maximum absolute atomic E-state index is 12.5. The highest BCUT2D eigenvalue weighted by atomic mass is 35.5. The second-order valence-electron chi connectivity index (χ2n) is 7.49. The second-order valence-corrected chi connectivity index (χ2v) is 7.90. The molecule has 0 unspecified atom stereocenters. The summed E-state index contributed by atoms with van der Waals surface area (Å²) in [7, 11) is 1.49. The summed E-state index contributed by atoms with van der Waals surface area (Å²) in [6.45, 7) is 0.866. The highest BCUT2D eigenvalue weighted by molar-refractivity contribution is 6.38. The zero-order valence-electron chi connectivity index (χ0n) is 16.6. The predicted molar refractivity (Wildman–Crippen MR) is 116 cm³/mol. The summed E-state index contributed by atoms with van der Waals surface area (Å²) in [5, 5.41) is 17.2. The van der Waals surface area contributed by atoms with Crippen LogP contribution in [0.5, 0.6) is 5.88 Å². The number of aromatic nitrogens is 1. The molecule has 1 saturated heterocycles. The Bertz CT molecular complexity index is 1190. The number of aliphatic hydroxyl groups excluding tert-OH is 1. The molecule has 8 heteroatoms. The third-order valence-corrected chi connectivity index (χ3v) is 5.91. The lowest BCUT2D eigenvalue weighted by Crippen LogP contribution is -2.15. The number of benzene rings is 2. The van der Waals surface area contributed by atoms with E-state index in [4.69, 9.17) is 25.6 Å². The lowest BCUT2D eigenvalue weighted by Gasteiger charge is -2.14. The van der Waals surface area contributed by atoms with Crippen molar-refractivity contribution >= 4 is 34.8 Å². The largest absolute Gasteiger partial charge is 0.479 e. The van der Waals surface area contributed by atoms with E-state index in [1.807, 2.05) is 30.3 Å². The van der Waals surface area contributed by atoms with Crippen molar-refractivity contribution in [1.82, 2.24) is 5.16 Å². The minimum absolute atomic E-state index is 0.0280. The van der Waals surface area contributed by atoms with Crippen LogP contribution in [0.25, 0.3) is 22.8 Å². The van der Waals surface area contributed by atoms with Crippen LogP contribution in [0.15, 0.2) is 47.0 Å². The van der Waals surface area contributed by atoms with E-state index >= 15 is 0 Å². The van der Waals surface area contributed by atoms with Crippen molar-refractivity contribution in [2.75, 3.05) is 25.6 Å². The van der Waals surface area contributed by atoms with Crippen molar-refractivity contribution in [3.63, 3.8) is 0 Å². The van der Waals surface area contributed by atoms with Crippen LogP contribution >= 0.6 is 11.6 Å². The molecule has 2 aromatic carbocycles. The highest BCUT2D eigenvalue weighted by Crippen LogP contribution is 2.41. The molecule has 0 bridgehead atoms. The molecular weight excluding hydrogens is 420 g/mol. The average molecular weight is 439 g/mol. The number of hydrogen-bond donors (Lipinski definition) is 2. The van der Waals surface area contributed by atoms with E-state index in [9.17, 15) is 9.90 Å². The first kappa shape index (κ1) is 19.8.